The average molecular weight is 337 g/mol. The van der Waals surface area contributed by atoms with Gasteiger partial charge in [-0.2, -0.15) is 5.10 Å². The maximum Gasteiger partial charge on any atom is 0.313 e. The first-order valence-corrected chi connectivity index (χ1v) is 8.03. The number of nitrogens with zero attached hydrogens (tertiary/aromatic N) is 2. The number of carbonyl (C=O) groups is 2. The van der Waals surface area contributed by atoms with Gasteiger partial charge in [0.15, 0.2) is 0 Å². The zero-order valence-corrected chi connectivity index (χ0v) is 13.3. The number of carbonyl (C=O) groups excluding carboxylic acids is 1. The summed E-state index contributed by atoms with van der Waals surface area (Å²) in [5.41, 5.74) is 1.74. The van der Waals surface area contributed by atoms with Crippen molar-refractivity contribution >= 4 is 23.6 Å². The third kappa shape index (κ3) is 4.56. The van der Waals surface area contributed by atoms with Gasteiger partial charge in [0, 0.05) is 12.3 Å². The molecule has 2 rings (SSSR count). The monoisotopic (exact) mass is 337 g/mol. The molecule has 0 aliphatic heterocycles. The molecule has 0 saturated carbocycles. The number of hydrogen-bond acceptors (Lipinski definition) is 4. The summed E-state index contributed by atoms with van der Waals surface area (Å²) in [4.78, 5) is 22.5. The van der Waals surface area contributed by atoms with E-state index in [0.29, 0.717) is 29.2 Å². The van der Waals surface area contributed by atoms with E-state index in [1.54, 1.807) is 23.7 Å². The van der Waals surface area contributed by atoms with Crippen molar-refractivity contribution in [2.45, 2.75) is 6.92 Å². The highest BCUT2D eigenvalue weighted by molar-refractivity contribution is 7.99. The van der Waals surface area contributed by atoms with Crippen LogP contribution < -0.4 is 5.32 Å². The number of carboxylic acid groups (broad SMARTS) is 1. The Balaban J connectivity index is 1.97. The normalized spacial score (nSPS) is 10.5. The number of benzene rings is 1. The van der Waals surface area contributed by atoms with Gasteiger partial charge in [-0.15, -0.1) is 11.8 Å². The van der Waals surface area contributed by atoms with Crippen molar-refractivity contribution in [2.75, 3.05) is 18.1 Å². The lowest BCUT2D eigenvalue weighted by Gasteiger charge is -2.06. The van der Waals surface area contributed by atoms with E-state index in [1.165, 1.54) is 30.1 Å². The van der Waals surface area contributed by atoms with Gasteiger partial charge in [0.1, 0.15) is 5.82 Å². The molecule has 6 nitrogen and oxygen atoms in total. The van der Waals surface area contributed by atoms with Gasteiger partial charge in [-0.1, -0.05) is 0 Å². The van der Waals surface area contributed by atoms with Crippen LogP contribution in [0.3, 0.4) is 0 Å². The smallest absolute Gasteiger partial charge is 0.313 e. The van der Waals surface area contributed by atoms with Crippen molar-refractivity contribution in [1.82, 2.24) is 15.1 Å². The number of amides is 1. The van der Waals surface area contributed by atoms with Crippen LogP contribution in [0.2, 0.25) is 0 Å². The molecule has 0 saturated heterocycles. The lowest BCUT2D eigenvalue weighted by Crippen LogP contribution is -2.26. The first kappa shape index (κ1) is 17.0. The van der Waals surface area contributed by atoms with Crippen molar-refractivity contribution in [3.8, 4) is 5.69 Å². The molecule has 1 aromatic carbocycles. The number of hydrogen-bond donors (Lipinski definition) is 2. The third-order valence-corrected chi connectivity index (χ3v) is 4.03. The molecule has 0 spiro atoms. The fraction of sp³-hybridized carbons (Fsp3) is 0.267. The molecule has 8 heteroatoms. The molecule has 1 aromatic heterocycles. The molecule has 2 N–H and O–H groups in total. The Kier molecular flexibility index (Phi) is 5.75. The molecule has 0 bridgehead atoms. The van der Waals surface area contributed by atoms with E-state index in [9.17, 15) is 14.0 Å². The molecule has 0 aliphatic rings. The lowest BCUT2D eigenvalue weighted by molar-refractivity contribution is -0.133. The quantitative estimate of drug-likeness (QED) is 0.754. The highest BCUT2D eigenvalue weighted by atomic mass is 32.2. The summed E-state index contributed by atoms with van der Waals surface area (Å²) in [5.74, 6) is -0.958. The van der Waals surface area contributed by atoms with Crippen molar-refractivity contribution < 1.29 is 19.1 Å². The fourth-order valence-electron chi connectivity index (χ4n) is 1.97. The Morgan fingerprint density at radius 1 is 1.35 bits per heavy atom. The highest BCUT2D eigenvalue weighted by Gasteiger charge is 2.14. The summed E-state index contributed by atoms with van der Waals surface area (Å²) in [6.07, 6.45) is 1.46. The Hall–Kier alpha value is -2.35. The van der Waals surface area contributed by atoms with Crippen LogP contribution in [0.1, 0.15) is 16.1 Å². The SMILES string of the molecule is Cc1c(C(=O)NCCSCC(=O)O)cnn1-c1ccc(F)cc1. The zero-order valence-electron chi connectivity index (χ0n) is 12.5. The van der Waals surface area contributed by atoms with Crippen LogP contribution in [0, 0.1) is 12.7 Å². The van der Waals surface area contributed by atoms with E-state index in [1.807, 2.05) is 0 Å². The van der Waals surface area contributed by atoms with Gasteiger partial charge in [-0.3, -0.25) is 9.59 Å². The highest BCUT2D eigenvalue weighted by Crippen LogP contribution is 2.14. The number of halogens is 1. The second-order valence-corrected chi connectivity index (χ2v) is 5.84. The van der Waals surface area contributed by atoms with Gasteiger partial charge >= 0.3 is 5.97 Å². The standard InChI is InChI=1S/C15H16FN3O3S/c1-10-13(15(22)17-6-7-23-9-14(20)21)8-18-19(10)12-4-2-11(16)3-5-12/h2-5,8H,6-7,9H2,1H3,(H,17,22)(H,20,21). The number of carboxylic acids is 1. The second kappa shape index (κ2) is 7.77. The number of rotatable bonds is 7. The van der Waals surface area contributed by atoms with Crippen LogP contribution in [0.25, 0.3) is 5.69 Å². The maximum absolute atomic E-state index is 13.0. The molecule has 1 amide bonds. The number of nitrogens with one attached hydrogen (secondary N) is 1. The van der Waals surface area contributed by atoms with Crippen molar-refractivity contribution in [1.29, 1.82) is 0 Å². The molecule has 0 atom stereocenters. The largest absolute Gasteiger partial charge is 0.481 e. The summed E-state index contributed by atoms with van der Waals surface area (Å²) in [6.45, 7) is 2.13. The minimum absolute atomic E-state index is 0.0113. The van der Waals surface area contributed by atoms with Gasteiger partial charge < -0.3 is 10.4 Å². The molecule has 23 heavy (non-hydrogen) atoms. The Bertz CT molecular complexity index is 700. The molecule has 0 fully saturated rings. The lowest BCUT2D eigenvalue weighted by atomic mass is 10.2. The topological polar surface area (TPSA) is 84.2 Å². The van der Waals surface area contributed by atoms with E-state index < -0.39 is 5.97 Å². The predicted molar refractivity (Wildman–Crippen MR) is 85.6 cm³/mol. The zero-order chi connectivity index (χ0) is 16.8. The van der Waals surface area contributed by atoms with Crippen LogP contribution in [0.5, 0.6) is 0 Å². The van der Waals surface area contributed by atoms with Crippen LogP contribution in [0.4, 0.5) is 4.39 Å². The molecular weight excluding hydrogens is 321 g/mol. The van der Waals surface area contributed by atoms with E-state index in [0.717, 1.165) is 0 Å². The minimum atomic E-state index is -0.877. The summed E-state index contributed by atoms with van der Waals surface area (Å²) in [7, 11) is 0. The summed E-state index contributed by atoms with van der Waals surface area (Å²) in [6, 6.07) is 5.82. The molecule has 2 aromatic rings. The first-order valence-electron chi connectivity index (χ1n) is 6.87. The number of thioether (sulfide) groups is 1. The summed E-state index contributed by atoms with van der Waals surface area (Å²) >= 11 is 1.24. The Labute approximate surface area is 136 Å². The van der Waals surface area contributed by atoms with Crippen molar-refractivity contribution in [2.24, 2.45) is 0 Å². The Morgan fingerprint density at radius 2 is 2.04 bits per heavy atom. The average Bonchev–Trinajstić information content (AvgIpc) is 2.89. The van der Waals surface area contributed by atoms with Gasteiger partial charge in [0.05, 0.1) is 28.9 Å². The van der Waals surface area contributed by atoms with Gasteiger partial charge in [0.2, 0.25) is 0 Å². The van der Waals surface area contributed by atoms with E-state index in [4.69, 9.17) is 5.11 Å². The van der Waals surface area contributed by atoms with Gasteiger partial charge in [-0.25, -0.2) is 9.07 Å². The summed E-state index contributed by atoms with van der Waals surface area (Å²) < 4.78 is 14.5. The molecule has 0 aliphatic carbocycles. The molecule has 0 radical (unpaired) electrons. The van der Waals surface area contributed by atoms with E-state index in [-0.39, 0.29) is 17.5 Å². The van der Waals surface area contributed by atoms with Crippen LogP contribution in [-0.2, 0) is 4.79 Å². The van der Waals surface area contributed by atoms with Gasteiger partial charge in [-0.05, 0) is 31.2 Å². The second-order valence-electron chi connectivity index (χ2n) is 4.73. The van der Waals surface area contributed by atoms with Crippen LogP contribution >= 0.6 is 11.8 Å². The van der Waals surface area contributed by atoms with E-state index >= 15 is 0 Å². The summed E-state index contributed by atoms with van der Waals surface area (Å²) in [5, 5.41) is 15.4. The van der Waals surface area contributed by atoms with Crippen molar-refractivity contribution in [3.63, 3.8) is 0 Å². The van der Waals surface area contributed by atoms with Crippen LogP contribution in [0.15, 0.2) is 30.5 Å². The third-order valence-electron chi connectivity index (χ3n) is 3.08. The molecule has 122 valence electrons. The van der Waals surface area contributed by atoms with Crippen LogP contribution in [-0.4, -0.2) is 44.8 Å². The van der Waals surface area contributed by atoms with Crippen molar-refractivity contribution in [3.05, 3.63) is 47.5 Å². The molecule has 1 heterocycles. The maximum atomic E-state index is 13.0. The first-order chi connectivity index (χ1) is 11.0. The molecular formula is C15H16FN3O3S. The molecule has 0 unspecified atom stereocenters. The number of aromatic nitrogens is 2. The number of aliphatic carboxylic acids is 1. The fourth-order valence-corrected chi connectivity index (χ4v) is 2.53. The predicted octanol–water partition coefficient (Wildman–Crippen LogP) is 1.87. The minimum Gasteiger partial charge on any atom is -0.481 e. The van der Waals surface area contributed by atoms with E-state index in [2.05, 4.69) is 10.4 Å². The van der Waals surface area contributed by atoms with Gasteiger partial charge in [0.25, 0.3) is 5.91 Å². The Morgan fingerprint density at radius 3 is 2.70 bits per heavy atom.